The van der Waals surface area contributed by atoms with Crippen LogP contribution < -0.4 is 0 Å². The number of benzene rings is 1. The van der Waals surface area contributed by atoms with E-state index in [9.17, 15) is 13.2 Å². The first-order valence-electron chi connectivity index (χ1n) is 8.02. The van der Waals surface area contributed by atoms with Gasteiger partial charge in [-0.1, -0.05) is 12.1 Å². The molecule has 0 bridgehead atoms. The normalized spacial score (nSPS) is 21.2. The molecule has 1 aromatic heterocycles. The molecular formula is C17H18N2O4S. The minimum Gasteiger partial charge on any atom is -0.468 e. The second-order valence-electron chi connectivity index (χ2n) is 6.11. The van der Waals surface area contributed by atoms with Gasteiger partial charge in [-0.2, -0.15) is 0 Å². The van der Waals surface area contributed by atoms with Crippen molar-refractivity contribution in [3.8, 4) is 0 Å². The predicted octanol–water partition coefficient (Wildman–Crippen LogP) is 2.26. The van der Waals surface area contributed by atoms with Gasteiger partial charge < -0.3 is 4.42 Å². The van der Waals surface area contributed by atoms with Crippen LogP contribution in [-0.2, 0) is 10.0 Å². The molecule has 24 heavy (non-hydrogen) atoms. The fourth-order valence-corrected chi connectivity index (χ4v) is 5.06. The minimum absolute atomic E-state index is 0.0728. The van der Waals surface area contributed by atoms with Gasteiger partial charge in [-0.25, -0.2) is 12.7 Å². The quantitative estimate of drug-likeness (QED) is 0.849. The molecule has 126 valence electrons. The van der Waals surface area contributed by atoms with E-state index in [-0.39, 0.29) is 23.0 Å². The zero-order valence-electron chi connectivity index (χ0n) is 13.1. The third kappa shape index (κ3) is 2.35. The number of hydrogen-bond acceptors (Lipinski definition) is 5. The van der Waals surface area contributed by atoms with Crippen LogP contribution in [0.5, 0.6) is 0 Å². The van der Waals surface area contributed by atoms with Gasteiger partial charge in [0.05, 0.1) is 24.4 Å². The van der Waals surface area contributed by atoms with E-state index in [1.807, 2.05) is 6.07 Å². The lowest BCUT2D eigenvalue weighted by Gasteiger charge is -2.29. The highest BCUT2D eigenvalue weighted by Crippen LogP contribution is 2.34. The largest absolute Gasteiger partial charge is 0.468 e. The molecule has 6 nitrogen and oxygen atoms in total. The molecule has 0 spiro atoms. The van der Waals surface area contributed by atoms with Gasteiger partial charge >= 0.3 is 0 Å². The Bertz CT molecular complexity index is 854. The van der Waals surface area contributed by atoms with Crippen LogP contribution in [0.4, 0.5) is 0 Å². The first-order chi connectivity index (χ1) is 11.6. The van der Waals surface area contributed by atoms with Crippen LogP contribution in [0.3, 0.4) is 0 Å². The molecule has 1 atom stereocenters. The monoisotopic (exact) mass is 346 g/mol. The van der Waals surface area contributed by atoms with E-state index < -0.39 is 15.9 Å². The zero-order chi connectivity index (χ0) is 16.7. The van der Waals surface area contributed by atoms with E-state index in [4.69, 9.17) is 4.42 Å². The Morgan fingerprint density at radius 3 is 2.50 bits per heavy atom. The van der Waals surface area contributed by atoms with E-state index in [1.54, 1.807) is 30.5 Å². The van der Waals surface area contributed by atoms with Crippen molar-refractivity contribution in [1.29, 1.82) is 0 Å². The van der Waals surface area contributed by atoms with Crippen LogP contribution >= 0.6 is 0 Å². The summed E-state index contributed by atoms with van der Waals surface area (Å²) >= 11 is 0. The second-order valence-corrected chi connectivity index (χ2v) is 7.94. The van der Waals surface area contributed by atoms with E-state index in [0.717, 1.165) is 30.2 Å². The van der Waals surface area contributed by atoms with Crippen molar-refractivity contribution in [2.24, 2.45) is 0 Å². The Morgan fingerprint density at radius 1 is 1.08 bits per heavy atom. The van der Waals surface area contributed by atoms with E-state index in [2.05, 4.69) is 4.90 Å². The summed E-state index contributed by atoms with van der Waals surface area (Å²) in [6.45, 7) is 1.82. The molecule has 1 saturated heterocycles. The average Bonchev–Trinajstić information content (AvgIpc) is 3.31. The number of nitrogens with zero attached hydrogens (tertiary/aromatic N) is 2. The van der Waals surface area contributed by atoms with Crippen LogP contribution in [0.2, 0.25) is 0 Å². The minimum atomic E-state index is -3.80. The van der Waals surface area contributed by atoms with Crippen LogP contribution in [0.25, 0.3) is 0 Å². The van der Waals surface area contributed by atoms with Crippen LogP contribution in [0.1, 0.15) is 35.0 Å². The first-order valence-corrected chi connectivity index (χ1v) is 9.46. The van der Waals surface area contributed by atoms with Gasteiger partial charge in [0.15, 0.2) is 0 Å². The van der Waals surface area contributed by atoms with Gasteiger partial charge in [0, 0.05) is 0 Å². The van der Waals surface area contributed by atoms with E-state index in [0.29, 0.717) is 5.76 Å². The summed E-state index contributed by atoms with van der Waals surface area (Å²) in [5.41, 5.74) is 0.247. The summed E-state index contributed by atoms with van der Waals surface area (Å²) in [6, 6.07) is 9.73. The van der Waals surface area contributed by atoms with Crippen LogP contribution in [0.15, 0.2) is 52.0 Å². The number of amides is 1. The lowest BCUT2D eigenvalue weighted by molar-refractivity contribution is 0.0828. The number of carbonyl (C=O) groups is 1. The first kappa shape index (κ1) is 15.4. The Morgan fingerprint density at radius 2 is 1.83 bits per heavy atom. The van der Waals surface area contributed by atoms with Crippen molar-refractivity contribution in [1.82, 2.24) is 9.21 Å². The number of furan rings is 1. The van der Waals surface area contributed by atoms with Gasteiger partial charge in [-0.05, 0) is 50.2 Å². The van der Waals surface area contributed by atoms with Crippen molar-refractivity contribution in [3.63, 3.8) is 0 Å². The van der Waals surface area contributed by atoms with Gasteiger partial charge in [-0.15, -0.1) is 0 Å². The molecule has 1 fully saturated rings. The second kappa shape index (κ2) is 5.75. The molecule has 0 radical (unpaired) electrons. The van der Waals surface area contributed by atoms with Crippen molar-refractivity contribution < 1.29 is 17.6 Å². The lowest BCUT2D eigenvalue weighted by atomic mass is 10.1. The number of hydrogen-bond donors (Lipinski definition) is 0. The van der Waals surface area contributed by atoms with Gasteiger partial charge in [0.1, 0.15) is 10.7 Å². The van der Waals surface area contributed by atoms with E-state index >= 15 is 0 Å². The Labute approximate surface area is 140 Å². The predicted molar refractivity (Wildman–Crippen MR) is 86.9 cm³/mol. The summed E-state index contributed by atoms with van der Waals surface area (Å²) in [4.78, 5) is 14.9. The number of carbonyl (C=O) groups excluding carboxylic acids is 1. The van der Waals surface area contributed by atoms with Crippen LogP contribution in [0, 0.1) is 0 Å². The molecule has 4 rings (SSSR count). The lowest BCUT2D eigenvalue weighted by Crippen LogP contribution is -2.39. The summed E-state index contributed by atoms with van der Waals surface area (Å²) in [6.07, 6.45) is 3.71. The van der Waals surface area contributed by atoms with Crippen molar-refractivity contribution in [2.75, 3.05) is 19.6 Å². The highest BCUT2D eigenvalue weighted by molar-refractivity contribution is 7.90. The number of rotatable bonds is 4. The highest BCUT2D eigenvalue weighted by atomic mass is 32.2. The third-order valence-electron chi connectivity index (χ3n) is 4.70. The maximum atomic E-state index is 12.8. The Balaban J connectivity index is 1.69. The van der Waals surface area contributed by atoms with Crippen molar-refractivity contribution in [2.45, 2.75) is 23.8 Å². The number of sulfonamides is 1. The molecule has 7 heteroatoms. The maximum Gasteiger partial charge on any atom is 0.269 e. The summed E-state index contributed by atoms with van der Waals surface area (Å²) in [7, 11) is -3.80. The molecule has 3 heterocycles. The SMILES string of the molecule is O=C1c2ccccc2S(=O)(=O)N1CC(c1ccco1)N1CCCC1. The molecule has 2 aromatic rings. The Hall–Kier alpha value is -2.12. The zero-order valence-corrected chi connectivity index (χ0v) is 13.9. The fourth-order valence-electron chi connectivity index (χ4n) is 3.49. The molecule has 0 N–H and O–H groups in total. The van der Waals surface area contributed by atoms with Gasteiger partial charge in [-0.3, -0.25) is 9.69 Å². The number of likely N-dealkylation sites (tertiary alicyclic amines) is 1. The molecule has 1 unspecified atom stereocenters. The molecule has 0 saturated carbocycles. The standard InChI is InChI=1S/C17H18N2O4S/c20-17-13-6-1-2-8-16(13)24(21,22)19(17)12-14(15-7-5-11-23-15)18-9-3-4-10-18/h1-2,5-8,11,14H,3-4,9-10,12H2. The molecule has 1 aromatic carbocycles. The molecule has 0 aliphatic carbocycles. The van der Waals surface area contributed by atoms with E-state index in [1.165, 1.54) is 6.07 Å². The summed E-state index contributed by atoms with van der Waals surface area (Å²) < 4.78 is 32.1. The maximum absolute atomic E-state index is 12.8. The Kier molecular flexibility index (Phi) is 3.69. The van der Waals surface area contributed by atoms with Crippen molar-refractivity contribution in [3.05, 3.63) is 54.0 Å². The average molecular weight is 346 g/mol. The molecular weight excluding hydrogens is 328 g/mol. The molecule has 2 aliphatic rings. The fraction of sp³-hybridized carbons (Fsp3) is 0.353. The third-order valence-corrected chi connectivity index (χ3v) is 6.51. The smallest absolute Gasteiger partial charge is 0.269 e. The molecule has 2 aliphatic heterocycles. The highest BCUT2D eigenvalue weighted by Gasteiger charge is 2.43. The molecule has 1 amide bonds. The van der Waals surface area contributed by atoms with Crippen LogP contribution in [-0.4, -0.2) is 43.2 Å². The topological polar surface area (TPSA) is 70.8 Å². The summed E-state index contributed by atoms with van der Waals surface area (Å²) in [5, 5.41) is 0. The van der Waals surface area contributed by atoms with Gasteiger partial charge in [0.2, 0.25) is 0 Å². The van der Waals surface area contributed by atoms with Crippen molar-refractivity contribution >= 4 is 15.9 Å². The number of fused-ring (bicyclic) bond motifs is 1. The summed E-state index contributed by atoms with van der Waals surface area (Å²) in [5.74, 6) is 0.234. The van der Waals surface area contributed by atoms with Gasteiger partial charge in [0.25, 0.3) is 15.9 Å².